The minimum absolute atomic E-state index is 0.163. The second-order valence-electron chi connectivity index (χ2n) is 8.33. The van der Waals surface area contributed by atoms with Crippen LogP contribution in [0.4, 0.5) is 10.5 Å². The topological polar surface area (TPSA) is 44.8 Å². The van der Waals surface area contributed by atoms with Gasteiger partial charge in [0.05, 0.1) is 0 Å². The van der Waals surface area contributed by atoms with Gasteiger partial charge in [-0.2, -0.15) is 0 Å². The third-order valence-electron chi connectivity index (χ3n) is 4.88. The van der Waals surface area contributed by atoms with E-state index in [0.717, 1.165) is 43.6 Å². The van der Waals surface area contributed by atoms with Crippen molar-refractivity contribution < 1.29 is 9.53 Å². The molecule has 1 unspecified atom stereocenters. The van der Waals surface area contributed by atoms with Crippen LogP contribution in [0.5, 0.6) is 0 Å². The fourth-order valence-corrected chi connectivity index (χ4v) is 4.08. The first kappa shape index (κ1) is 19.5. The fourth-order valence-electron chi connectivity index (χ4n) is 3.73. The van der Waals surface area contributed by atoms with Gasteiger partial charge in [-0.3, -0.25) is 4.90 Å². The Morgan fingerprint density at radius 2 is 2.00 bits per heavy atom. The van der Waals surface area contributed by atoms with Crippen molar-refractivity contribution >= 4 is 27.7 Å². The zero-order valence-corrected chi connectivity index (χ0v) is 17.6. The number of benzene rings is 1. The highest BCUT2D eigenvalue weighted by Crippen LogP contribution is 2.30. The number of hydrogen-bond donors (Lipinski definition) is 1. The Bertz CT molecular complexity index is 638. The van der Waals surface area contributed by atoms with Crippen LogP contribution in [-0.4, -0.2) is 48.8 Å². The van der Waals surface area contributed by atoms with Crippen molar-refractivity contribution in [2.24, 2.45) is 0 Å². The molecule has 0 bridgehead atoms. The van der Waals surface area contributed by atoms with Crippen LogP contribution in [0.1, 0.15) is 45.6 Å². The maximum Gasteiger partial charge on any atom is 0.407 e. The molecule has 0 radical (unpaired) electrons. The van der Waals surface area contributed by atoms with Crippen molar-refractivity contribution in [2.75, 3.05) is 31.1 Å². The molecule has 2 heterocycles. The molecule has 2 aliphatic rings. The molecule has 1 N–H and O–H groups in total. The zero-order valence-electron chi connectivity index (χ0n) is 16.1. The second kappa shape index (κ2) is 8.17. The van der Waals surface area contributed by atoms with Crippen molar-refractivity contribution in [1.82, 2.24) is 10.2 Å². The smallest absolute Gasteiger partial charge is 0.407 e. The maximum atomic E-state index is 12.0. The molecule has 1 aromatic rings. The van der Waals surface area contributed by atoms with Crippen LogP contribution in [0.25, 0.3) is 0 Å². The Morgan fingerprint density at radius 3 is 2.69 bits per heavy atom. The van der Waals surface area contributed by atoms with Gasteiger partial charge in [-0.15, -0.1) is 0 Å². The molecule has 0 aromatic heterocycles. The van der Waals surface area contributed by atoms with Crippen molar-refractivity contribution in [3.05, 3.63) is 28.2 Å². The lowest BCUT2D eigenvalue weighted by atomic mass is 10.1. The predicted octanol–water partition coefficient (Wildman–Crippen LogP) is 4.15. The first-order chi connectivity index (χ1) is 12.3. The van der Waals surface area contributed by atoms with E-state index < -0.39 is 5.60 Å². The Hall–Kier alpha value is -1.27. The average Bonchev–Trinajstić information content (AvgIpc) is 3.19. The molecular weight excluding hydrogens is 394 g/mol. The van der Waals surface area contributed by atoms with Gasteiger partial charge in [0.1, 0.15) is 5.60 Å². The lowest BCUT2D eigenvalue weighted by Gasteiger charge is -2.25. The Labute approximate surface area is 165 Å². The van der Waals surface area contributed by atoms with E-state index in [9.17, 15) is 4.79 Å². The van der Waals surface area contributed by atoms with Crippen LogP contribution >= 0.6 is 15.9 Å². The minimum Gasteiger partial charge on any atom is -0.444 e. The number of nitrogens with zero attached hydrogens (tertiary/aromatic N) is 2. The predicted molar refractivity (Wildman–Crippen MR) is 109 cm³/mol. The van der Waals surface area contributed by atoms with E-state index in [4.69, 9.17) is 4.74 Å². The number of rotatable bonds is 4. The van der Waals surface area contributed by atoms with Gasteiger partial charge < -0.3 is 15.0 Å². The third kappa shape index (κ3) is 5.36. The van der Waals surface area contributed by atoms with E-state index >= 15 is 0 Å². The third-order valence-corrected chi connectivity index (χ3v) is 5.37. The number of carbonyl (C=O) groups excluding carboxylic acids is 1. The van der Waals surface area contributed by atoms with Gasteiger partial charge in [-0.1, -0.05) is 22.0 Å². The van der Waals surface area contributed by atoms with E-state index in [0.29, 0.717) is 0 Å². The molecule has 0 saturated carbocycles. The number of anilines is 1. The quantitative estimate of drug-likeness (QED) is 0.789. The van der Waals surface area contributed by atoms with Crippen molar-refractivity contribution in [1.29, 1.82) is 0 Å². The van der Waals surface area contributed by atoms with Gasteiger partial charge in [0.2, 0.25) is 0 Å². The van der Waals surface area contributed by atoms with Gasteiger partial charge in [0, 0.05) is 48.9 Å². The Kier molecular flexibility index (Phi) is 6.13. The normalized spacial score (nSPS) is 21.2. The Balaban J connectivity index is 1.58. The highest BCUT2D eigenvalue weighted by Gasteiger charge is 2.27. The summed E-state index contributed by atoms with van der Waals surface area (Å²) in [5.41, 5.74) is 2.26. The number of halogens is 1. The Morgan fingerprint density at radius 1 is 1.27 bits per heavy atom. The van der Waals surface area contributed by atoms with E-state index in [1.807, 2.05) is 20.8 Å². The molecule has 26 heavy (non-hydrogen) atoms. The first-order valence-corrected chi connectivity index (χ1v) is 10.3. The van der Waals surface area contributed by atoms with E-state index in [-0.39, 0.29) is 12.1 Å². The van der Waals surface area contributed by atoms with Crippen LogP contribution in [0, 0.1) is 0 Å². The maximum absolute atomic E-state index is 12.0. The summed E-state index contributed by atoms with van der Waals surface area (Å²) in [5.74, 6) is 0. The highest BCUT2D eigenvalue weighted by atomic mass is 79.9. The monoisotopic (exact) mass is 423 g/mol. The van der Waals surface area contributed by atoms with Gasteiger partial charge in [0.15, 0.2) is 0 Å². The van der Waals surface area contributed by atoms with Crippen LogP contribution in [0.15, 0.2) is 22.7 Å². The standard InChI is InChI=1S/C20H30BrN3O2/c1-20(2,3)26-19(25)22-17-8-11-23(14-17)13-15-6-7-16(21)12-18(15)24-9-4-5-10-24/h6-7,12,17H,4-5,8-11,13-14H2,1-3H3,(H,22,25). The minimum atomic E-state index is -0.454. The number of hydrogen-bond acceptors (Lipinski definition) is 4. The number of carbonyl (C=O) groups is 1. The molecule has 5 nitrogen and oxygen atoms in total. The summed E-state index contributed by atoms with van der Waals surface area (Å²) in [7, 11) is 0. The molecular formula is C20H30BrN3O2. The van der Waals surface area contributed by atoms with Gasteiger partial charge in [0.25, 0.3) is 0 Å². The van der Waals surface area contributed by atoms with Crippen LogP contribution < -0.4 is 10.2 Å². The van der Waals surface area contributed by atoms with Gasteiger partial charge in [-0.05, 0) is 57.7 Å². The average molecular weight is 424 g/mol. The molecule has 2 saturated heterocycles. The van der Waals surface area contributed by atoms with E-state index in [1.165, 1.54) is 24.1 Å². The summed E-state index contributed by atoms with van der Waals surface area (Å²) in [4.78, 5) is 16.9. The molecule has 0 spiro atoms. The molecule has 6 heteroatoms. The van der Waals surface area contributed by atoms with Crippen LogP contribution in [-0.2, 0) is 11.3 Å². The van der Waals surface area contributed by atoms with Crippen LogP contribution in [0.3, 0.4) is 0 Å². The van der Waals surface area contributed by atoms with E-state index in [1.54, 1.807) is 0 Å². The lowest BCUT2D eigenvalue weighted by molar-refractivity contribution is 0.0506. The van der Waals surface area contributed by atoms with Gasteiger partial charge in [-0.25, -0.2) is 4.79 Å². The fraction of sp³-hybridized carbons (Fsp3) is 0.650. The van der Waals surface area contributed by atoms with E-state index in [2.05, 4.69) is 49.2 Å². The summed E-state index contributed by atoms with van der Waals surface area (Å²) in [5, 5.41) is 3.01. The molecule has 1 atom stereocenters. The summed E-state index contributed by atoms with van der Waals surface area (Å²) in [6, 6.07) is 6.76. The second-order valence-corrected chi connectivity index (χ2v) is 9.25. The lowest BCUT2D eigenvalue weighted by Crippen LogP contribution is -2.40. The summed E-state index contributed by atoms with van der Waals surface area (Å²) < 4.78 is 6.51. The molecule has 0 aliphatic carbocycles. The van der Waals surface area contributed by atoms with Gasteiger partial charge >= 0.3 is 6.09 Å². The van der Waals surface area contributed by atoms with Crippen molar-refractivity contribution in [3.63, 3.8) is 0 Å². The molecule has 144 valence electrons. The van der Waals surface area contributed by atoms with Crippen molar-refractivity contribution in [3.8, 4) is 0 Å². The molecule has 2 fully saturated rings. The SMILES string of the molecule is CC(C)(C)OC(=O)NC1CCN(Cc2ccc(Br)cc2N2CCCC2)C1. The van der Waals surface area contributed by atoms with Crippen LogP contribution in [0.2, 0.25) is 0 Å². The summed E-state index contributed by atoms with van der Waals surface area (Å²) in [6.45, 7) is 10.7. The largest absolute Gasteiger partial charge is 0.444 e. The number of alkyl carbamates (subject to hydrolysis) is 1. The molecule has 1 aromatic carbocycles. The molecule has 2 aliphatic heterocycles. The molecule has 3 rings (SSSR count). The number of amides is 1. The molecule has 1 amide bonds. The number of nitrogens with one attached hydrogen (secondary N) is 1. The number of likely N-dealkylation sites (tertiary alicyclic amines) is 1. The highest BCUT2D eigenvalue weighted by molar-refractivity contribution is 9.10. The number of ether oxygens (including phenoxy) is 1. The zero-order chi connectivity index (χ0) is 18.7. The first-order valence-electron chi connectivity index (χ1n) is 9.55. The summed E-state index contributed by atoms with van der Waals surface area (Å²) in [6.07, 6.45) is 3.20. The summed E-state index contributed by atoms with van der Waals surface area (Å²) >= 11 is 3.61. The van der Waals surface area contributed by atoms with Crippen molar-refractivity contribution in [2.45, 2.75) is 58.2 Å².